The minimum absolute atomic E-state index is 0.0301. The van der Waals surface area contributed by atoms with Crippen LogP contribution in [0.2, 0.25) is 0 Å². The lowest BCUT2D eigenvalue weighted by Crippen LogP contribution is -2.42. The van der Waals surface area contributed by atoms with Gasteiger partial charge in [0, 0.05) is 18.7 Å². The number of nitrogens with zero attached hydrogens (tertiary/aromatic N) is 2. The van der Waals surface area contributed by atoms with Gasteiger partial charge < -0.3 is 14.4 Å². The molecule has 0 aromatic heterocycles. The second-order valence-corrected chi connectivity index (χ2v) is 10.6. The fraction of sp³-hybridized carbons (Fsp3) is 0.346. The summed E-state index contributed by atoms with van der Waals surface area (Å²) < 4.78 is 26.0. The Morgan fingerprint density at radius 1 is 1.14 bits per heavy atom. The number of hydrogen-bond acceptors (Lipinski definition) is 6. The third-order valence-corrected chi connectivity index (χ3v) is 7.71. The number of benzene rings is 2. The molecule has 7 nitrogen and oxygen atoms in total. The van der Waals surface area contributed by atoms with Crippen molar-refractivity contribution in [3.8, 4) is 11.5 Å². The highest BCUT2D eigenvalue weighted by Crippen LogP contribution is 2.37. The molecule has 2 heterocycles. The molecule has 2 aromatic carbocycles. The number of imide groups is 1. The van der Waals surface area contributed by atoms with Gasteiger partial charge in [0.1, 0.15) is 19.0 Å². The Hall–Kier alpha value is -2.60. The molecule has 0 saturated carbocycles. The minimum atomic E-state index is -0.484. The van der Waals surface area contributed by atoms with Gasteiger partial charge in [-0.3, -0.25) is 19.3 Å². The van der Waals surface area contributed by atoms with Crippen molar-refractivity contribution in [3.63, 3.8) is 0 Å². The van der Waals surface area contributed by atoms with Crippen LogP contribution >= 0.6 is 34.4 Å². The van der Waals surface area contributed by atoms with Crippen LogP contribution in [-0.4, -0.2) is 53.6 Å². The Morgan fingerprint density at radius 3 is 2.56 bits per heavy atom. The Bertz CT molecular complexity index is 1200. The number of hydrogen-bond donors (Lipinski definition) is 0. The molecule has 2 aliphatic rings. The van der Waals surface area contributed by atoms with Crippen molar-refractivity contribution in [2.24, 2.45) is 0 Å². The van der Waals surface area contributed by atoms with E-state index >= 15 is 0 Å². The van der Waals surface area contributed by atoms with Crippen LogP contribution in [0.5, 0.6) is 11.5 Å². The fourth-order valence-corrected chi connectivity index (χ4v) is 5.69. The molecule has 2 saturated heterocycles. The average molecular weight is 624 g/mol. The van der Waals surface area contributed by atoms with Gasteiger partial charge in [-0.05, 0) is 77.0 Å². The maximum absolute atomic E-state index is 14.0. The number of methoxy groups -OCH3 is 1. The zero-order chi connectivity index (χ0) is 25.7. The molecule has 190 valence electrons. The normalized spacial score (nSPS) is 17.5. The number of thioether (sulfide) groups is 1. The number of carbonyl (C=O) groups is 3. The van der Waals surface area contributed by atoms with Crippen LogP contribution in [0.1, 0.15) is 36.8 Å². The van der Waals surface area contributed by atoms with Crippen molar-refractivity contribution >= 4 is 57.5 Å². The standard InChI is InChI=1S/C26H26FIN2O5S/c1-34-21-13-17(12-20(28)24(21)35-16-18-8-4-5-9-19(18)27)14-22-25(32)30(26(33)36-22)15-23(31)29-10-6-2-3-7-11-29/h4-5,8-9,12-14H,2-3,6-7,10-11,15-16H2,1H3. The smallest absolute Gasteiger partial charge is 0.294 e. The highest BCUT2D eigenvalue weighted by Gasteiger charge is 2.37. The van der Waals surface area contributed by atoms with E-state index in [1.807, 2.05) is 0 Å². The molecule has 0 spiro atoms. The van der Waals surface area contributed by atoms with E-state index in [1.165, 1.54) is 13.2 Å². The maximum Gasteiger partial charge on any atom is 0.294 e. The van der Waals surface area contributed by atoms with Gasteiger partial charge in [0.15, 0.2) is 11.5 Å². The predicted molar refractivity (Wildman–Crippen MR) is 144 cm³/mol. The summed E-state index contributed by atoms with van der Waals surface area (Å²) >= 11 is 2.90. The monoisotopic (exact) mass is 624 g/mol. The Kier molecular flexibility index (Phi) is 8.89. The van der Waals surface area contributed by atoms with Gasteiger partial charge in [-0.2, -0.15) is 0 Å². The number of ether oxygens (including phenoxy) is 2. The maximum atomic E-state index is 14.0. The van der Waals surface area contributed by atoms with E-state index in [1.54, 1.807) is 41.3 Å². The lowest BCUT2D eigenvalue weighted by atomic mass is 10.1. The summed E-state index contributed by atoms with van der Waals surface area (Å²) in [6.45, 7) is 1.11. The summed E-state index contributed by atoms with van der Waals surface area (Å²) in [5.74, 6) is -0.169. The molecule has 10 heteroatoms. The van der Waals surface area contributed by atoms with Crippen molar-refractivity contribution in [1.29, 1.82) is 0 Å². The second-order valence-electron chi connectivity index (χ2n) is 8.48. The fourth-order valence-electron chi connectivity index (χ4n) is 4.07. The molecule has 0 aliphatic carbocycles. The van der Waals surface area contributed by atoms with Gasteiger partial charge in [-0.25, -0.2) is 4.39 Å². The van der Waals surface area contributed by atoms with E-state index in [0.29, 0.717) is 39.3 Å². The summed E-state index contributed by atoms with van der Waals surface area (Å²) in [7, 11) is 1.49. The average Bonchev–Trinajstić information content (AvgIpc) is 3.05. The van der Waals surface area contributed by atoms with Crippen molar-refractivity contribution in [3.05, 3.63) is 61.8 Å². The van der Waals surface area contributed by atoms with E-state index in [4.69, 9.17) is 9.47 Å². The first-order valence-corrected chi connectivity index (χ1v) is 13.5. The van der Waals surface area contributed by atoms with E-state index in [2.05, 4.69) is 22.6 Å². The van der Waals surface area contributed by atoms with Gasteiger partial charge in [0.05, 0.1) is 15.6 Å². The largest absolute Gasteiger partial charge is 0.493 e. The third kappa shape index (κ3) is 6.20. The SMILES string of the molecule is COc1cc(C=C2SC(=O)N(CC(=O)N3CCCCCC3)C2=O)cc(I)c1OCc1ccccc1F. The molecule has 2 aromatic rings. The number of halogens is 2. The Morgan fingerprint density at radius 2 is 1.86 bits per heavy atom. The molecule has 0 N–H and O–H groups in total. The van der Waals surface area contributed by atoms with Crippen molar-refractivity contribution in [1.82, 2.24) is 9.80 Å². The van der Waals surface area contributed by atoms with Crippen LogP contribution in [0.15, 0.2) is 41.3 Å². The molecular weight excluding hydrogens is 598 g/mol. The topological polar surface area (TPSA) is 76.2 Å². The molecule has 2 fully saturated rings. The van der Waals surface area contributed by atoms with Crippen LogP contribution in [0.25, 0.3) is 6.08 Å². The van der Waals surface area contributed by atoms with Crippen molar-refractivity contribution in [2.75, 3.05) is 26.7 Å². The molecule has 0 unspecified atom stereocenters. The van der Waals surface area contributed by atoms with Gasteiger partial charge in [0.2, 0.25) is 5.91 Å². The number of likely N-dealkylation sites (tertiary alicyclic amines) is 1. The third-order valence-electron chi connectivity index (χ3n) is 6.01. The molecule has 4 rings (SSSR count). The molecule has 36 heavy (non-hydrogen) atoms. The predicted octanol–water partition coefficient (Wildman–Crippen LogP) is 5.46. The lowest BCUT2D eigenvalue weighted by molar-refractivity contribution is -0.135. The molecule has 0 radical (unpaired) electrons. The quantitative estimate of drug-likeness (QED) is 0.301. The van der Waals surface area contributed by atoms with Crippen LogP contribution in [0.4, 0.5) is 9.18 Å². The molecule has 3 amide bonds. The first-order chi connectivity index (χ1) is 17.4. The number of rotatable bonds is 7. The first-order valence-electron chi connectivity index (χ1n) is 11.6. The summed E-state index contributed by atoms with van der Waals surface area (Å²) in [6.07, 6.45) is 5.65. The van der Waals surface area contributed by atoms with Crippen LogP contribution < -0.4 is 9.47 Å². The minimum Gasteiger partial charge on any atom is -0.493 e. The van der Waals surface area contributed by atoms with Crippen molar-refractivity contribution < 1.29 is 28.2 Å². The van der Waals surface area contributed by atoms with Gasteiger partial charge in [-0.15, -0.1) is 0 Å². The molecule has 2 aliphatic heterocycles. The van der Waals surface area contributed by atoms with Crippen LogP contribution in [0.3, 0.4) is 0 Å². The Balaban J connectivity index is 1.48. The lowest BCUT2D eigenvalue weighted by Gasteiger charge is -2.22. The highest BCUT2D eigenvalue weighted by molar-refractivity contribution is 14.1. The zero-order valence-corrected chi connectivity index (χ0v) is 22.8. The van der Waals surface area contributed by atoms with E-state index in [-0.39, 0.29) is 29.8 Å². The summed E-state index contributed by atoms with van der Waals surface area (Å²) in [5, 5.41) is -0.457. The molecule has 0 atom stereocenters. The molecule has 0 bridgehead atoms. The summed E-state index contributed by atoms with van der Waals surface area (Å²) in [6, 6.07) is 9.85. The van der Waals surface area contributed by atoms with Crippen LogP contribution in [-0.2, 0) is 16.2 Å². The van der Waals surface area contributed by atoms with E-state index in [9.17, 15) is 18.8 Å². The Labute approximate surface area is 227 Å². The number of carbonyl (C=O) groups excluding carboxylic acids is 3. The van der Waals surface area contributed by atoms with E-state index < -0.39 is 11.1 Å². The number of amides is 3. The first kappa shape index (κ1) is 26.5. The van der Waals surface area contributed by atoms with Gasteiger partial charge in [-0.1, -0.05) is 31.0 Å². The van der Waals surface area contributed by atoms with Gasteiger partial charge in [0.25, 0.3) is 11.1 Å². The van der Waals surface area contributed by atoms with Crippen LogP contribution in [0, 0.1) is 9.39 Å². The van der Waals surface area contributed by atoms with Gasteiger partial charge >= 0.3 is 0 Å². The summed E-state index contributed by atoms with van der Waals surface area (Å²) in [4.78, 5) is 41.2. The summed E-state index contributed by atoms with van der Waals surface area (Å²) in [5.41, 5.74) is 1.06. The van der Waals surface area contributed by atoms with E-state index in [0.717, 1.165) is 42.3 Å². The van der Waals surface area contributed by atoms with Crippen molar-refractivity contribution in [2.45, 2.75) is 32.3 Å². The molecular formula is C26H26FIN2O5S. The highest BCUT2D eigenvalue weighted by atomic mass is 127. The zero-order valence-electron chi connectivity index (χ0n) is 19.8. The second kappa shape index (κ2) is 12.1.